The first-order chi connectivity index (χ1) is 11.9. The molecule has 0 aliphatic carbocycles. The predicted molar refractivity (Wildman–Crippen MR) is 101 cm³/mol. The van der Waals surface area contributed by atoms with Crippen molar-refractivity contribution in [3.05, 3.63) is 53.6 Å². The lowest BCUT2D eigenvalue weighted by Gasteiger charge is -2.18. The summed E-state index contributed by atoms with van der Waals surface area (Å²) in [5.41, 5.74) is 2.93. The lowest BCUT2D eigenvalue weighted by Crippen LogP contribution is -2.32. The van der Waals surface area contributed by atoms with Gasteiger partial charge in [-0.25, -0.2) is 0 Å². The smallest absolute Gasteiger partial charge is 0.265 e. The third-order valence-electron chi connectivity index (χ3n) is 3.61. The molecule has 134 valence electrons. The highest BCUT2D eigenvalue weighted by Gasteiger charge is 2.19. The summed E-state index contributed by atoms with van der Waals surface area (Å²) < 4.78 is 11.6. The number of hydrogen-bond acceptors (Lipinski definition) is 3. The summed E-state index contributed by atoms with van der Waals surface area (Å²) in [7, 11) is 0. The van der Waals surface area contributed by atoms with Gasteiger partial charge in [0.2, 0.25) is 0 Å². The molecule has 2 aromatic rings. The molecule has 0 saturated carbocycles. The molecule has 0 unspecified atom stereocenters. The standard InChI is InChI=1S/C21H27NO3/c1-6-20(25-19-11-15(4)10-16(5)12-19)21(23)22-17-8-7-9-18(13-17)24-14(2)3/h7-14,20H,6H2,1-5H3,(H,22,23)/t20-/m0/s1. The van der Waals surface area contributed by atoms with Gasteiger partial charge >= 0.3 is 0 Å². The molecule has 0 heterocycles. The van der Waals surface area contributed by atoms with Gasteiger partial charge in [0.15, 0.2) is 6.10 Å². The van der Waals surface area contributed by atoms with E-state index < -0.39 is 6.10 Å². The Kier molecular flexibility index (Phi) is 6.45. The van der Waals surface area contributed by atoms with Crippen LogP contribution in [0.1, 0.15) is 38.3 Å². The number of carbonyl (C=O) groups is 1. The van der Waals surface area contributed by atoms with Gasteiger partial charge in [-0.2, -0.15) is 0 Å². The Morgan fingerprint density at radius 2 is 1.68 bits per heavy atom. The van der Waals surface area contributed by atoms with Crippen molar-refractivity contribution >= 4 is 11.6 Å². The molecule has 4 heteroatoms. The average molecular weight is 341 g/mol. The summed E-state index contributed by atoms with van der Waals surface area (Å²) in [5.74, 6) is 1.29. The van der Waals surface area contributed by atoms with Gasteiger partial charge < -0.3 is 14.8 Å². The highest BCUT2D eigenvalue weighted by Crippen LogP contribution is 2.21. The number of hydrogen-bond donors (Lipinski definition) is 1. The summed E-state index contributed by atoms with van der Waals surface area (Å²) in [6.45, 7) is 9.90. The molecule has 2 aromatic carbocycles. The van der Waals surface area contributed by atoms with Gasteiger partial charge in [0.1, 0.15) is 11.5 Å². The van der Waals surface area contributed by atoms with E-state index >= 15 is 0 Å². The monoisotopic (exact) mass is 341 g/mol. The first kappa shape index (κ1) is 18.8. The molecule has 2 rings (SSSR count). The summed E-state index contributed by atoms with van der Waals surface area (Å²) in [6.07, 6.45) is 0.124. The summed E-state index contributed by atoms with van der Waals surface area (Å²) in [6, 6.07) is 13.4. The molecule has 1 N–H and O–H groups in total. The zero-order valence-electron chi connectivity index (χ0n) is 15.6. The van der Waals surface area contributed by atoms with Crippen molar-refractivity contribution in [2.45, 2.75) is 53.2 Å². The lowest BCUT2D eigenvalue weighted by atomic mass is 10.1. The molecule has 25 heavy (non-hydrogen) atoms. The SMILES string of the molecule is CC[C@H](Oc1cc(C)cc(C)c1)C(=O)Nc1cccc(OC(C)C)c1. The average Bonchev–Trinajstić information content (AvgIpc) is 2.51. The Balaban J connectivity index is 2.07. The Hall–Kier alpha value is -2.49. The topological polar surface area (TPSA) is 47.6 Å². The predicted octanol–water partition coefficient (Wildman–Crippen LogP) is 4.89. The first-order valence-electron chi connectivity index (χ1n) is 8.70. The molecule has 0 fully saturated rings. The fourth-order valence-corrected chi connectivity index (χ4v) is 2.63. The zero-order valence-corrected chi connectivity index (χ0v) is 15.6. The van der Waals surface area contributed by atoms with E-state index in [1.54, 1.807) is 0 Å². The second kappa shape index (κ2) is 8.56. The fraction of sp³-hybridized carbons (Fsp3) is 0.381. The van der Waals surface area contributed by atoms with E-state index in [9.17, 15) is 4.79 Å². The number of amides is 1. The second-order valence-electron chi connectivity index (χ2n) is 6.52. The van der Waals surface area contributed by atoms with Crippen LogP contribution >= 0.6 is 0 Å². The quantitative estimate of drug-likeness (QED) is 0.780. The van der Waals surface area contributed by atoms with E-state index in [1.165, 1.54) is 0 Å². The molecule has 0 saturated heterocycles. The largest absolute Gasteiger partial charge is 0.491 e. The minimum absolute atomic E-state index is 0.0854. The van der Waals surface area contributed by atoms with Crippen LogP contribution in [0.25, 0.3) is 0 Å². The van der Waals surface area contributed by atoms with Crippen LogP contribution in [0.3, 0.4) is 0 Å². The fourth-order valence-electron chi connectivity index (χ4n) is 2.63. The van der Waals surface area contributed by atoms with E-state index in [0.717, 1.165) is 22.6 Å². The normalized spacial score (nSPS) is 11.9. The van der Waals surface area contributed by atoms with E-state index in [1.807, 2.05) is 71.0 Å². The number of benzene rings is 2. The van der Waals surface area contributed by atoms with Crippen LogP contribution in [0.5, 0.6) is 11.5 Å². The van der Waals surface area contributed by atoms with Crippen LogP contribution in [0.4, 0.5) is 5.69 Å². The summed E-state index contributed by atoms with van der Waals surface area (Å²) in [4.78, 5) is 12.6. The summed E-state index contributed by atoms with van der Waals surface area (Å²) >= 11 is 0. The van der Waals surface area contributed by atoms with Crippen molar-refractivity contribution in [2.24, 2.45) is 0 Å². The Morgan fingerprint density at radius 3 is 2.28 bits per heavy atom. The van der Waals surface area contributed by atoms with Crippen LogP contribution in [-0.4, -0.2) is 18.1 Å². The molecule has 1 atom stereocenters. The van der Waals surface area contributed by atoms with Gasteiger partial charge in [0.25, 0.3) is 5.91 Å². The van der Waals surface area contributed by atoms with Crippen LogP contribution in [0.15, 0.2) is 42.5 Å². The second-order valence-corrected chi connectivity index (χ2v) is 6.52. The highest BCUT2D eigenvalue weighted by atomic mass is 16.5. The van der Waals surface area contributed by atoms with E-state index in [4.69, 9.17) is 9.47 Å². The van der Waals surface area contributed by atoms with Crippen molar-refractivity contribution in [3.63, 3.8) is 0 Å². The van der Waals surface area contributed by atoms with E-state index in [0.29, 0.717) is 12.1 Å². The number of aryl methyl sites for hydroxylation is 2. The van der Waals surface area contributed by atoms with Crippen molar-refractivity contribution in [1.29, 1.82) is 0 Å². The minimum Gasteiger partial charge on any atom is -0.491 e. The van der Waals surface area contributed by atoms with Gasteiger partial charge in [-0.05, 0) is 69.5 Å². The third kappa shape index (κ3) is 5.82. The van der Waals surface area contributed by atoms with Gasteiger partial charge in [0.05, 0.1) is 6.10 Å². The van der Waals surface area contributed by atoms with Gasteiger partial charge in [-0.1, -0.05) is 19.1 Å². The molecule has 0 aliphatic rings. The van der Waals surface area contributed by atoms with Crippen LogP contribution in [0.2, 0.25) is 0 Å². The molecule has 0 spiro atoms. The minimum atomic E-state index is -0.545. The van der Waals surface area contributed by atoms with E-state index in [-0.39, 0.29) is 12.0 Å². The maximum absolute atomic E-state index is 12.6. The molecule has 0 aromatic heterocycles. The molecule has 0 bridgehead atoms. The van der Waals surface area contributed by atoms with Crippen LogP contribution in [-0.2, 0) is 4.79 Å². The number of rotatable bonds is 7. The maximum atomic E-state index is 12.6. The van der Waals surface area contributed by atoms with Crippen molar-refractivity contribution in [1.82, 2.24) is 0 Å². The Bertz CT molecular complexity index is 705. The molecule has 4 nitrogen and oxygen atoms in total. The summed E-state index contributed by atoms with van der Waals surface area (Å²) in [5, 5.41) is 2.91. The molecule has 0 aliphatic heterocycles. The Labute approximate surface area is 150 Å². The van der Waals surface area contributed by atoms with Crippen LogP contribution in [0, 0.1) is 13.8 Å². The van der Waals surface area contributed by atoms with Crippen molar-refractivity contribution in [2.75, 3.05) is 5.32 Å². The third-order valence-corrected chi connectivity index (χ3v) is 3.61. The molecular weight excluding hydrogens is 314 g/mol. The van der Waals surface area contributed by atoms with Gasteiger partial charge in [-0.15, -0.1) is 0 Å². The van der Waals surface area contributed by atoms with Crippen LogP contribution < -0.4 is 14.8 Å². The van der Waals surface area contributed by atoms with Crippen molar-refractivity contribution < 1.29 is 14.3 Å². The zero-order chi connectivity index (χ0) is 18.4. The highest BCUT2D eigenvalue weighted by molar-refractivity contribution is 5.94. The van der Waals surface area contributed by atoms with Gasteiger partial charge in [-0.3, -0.25) is 4.79 Å². The molecular formula is C21H27NO3. The number of ether oxygens (including phenoxy) is 2. The Morgan fingerprint density at radius 1 is 1.00 bits per heavy atom. The lowest BCUT2D eigenvalue weighted by molar-refractivity contribution is -0.122. The van der Waals surface area contributed by atoms with Gasteiger partial charge in [0, 0.05) is 11.8 Å². The van der Waals surface area contributed by atoms with Crippen molar-refractivity contribution in [3.8, 4) is 11.5 Å². The molecule has 1 amide bonds. The number of nitrogens with one attached hydrogen (secondary N) is 1. The number of anilines is 1. The number of carbonyl (C=O) groups excluding carboxylic acids is 1. The first-order valence-corrected chi connectivity index (χ1v) is 8.70. The maximum Gasteiger partial charge on any atom is 0.265 e. The van der Waals surface area contributed by atoms with E-state index in [2.05, 4.69) is 11.4 Å². The molecule has 0 radical (unpaired) electrons.